The molecule has 0 bridgehead atoms. The normalized spacial score (nSPS) is 10.2. The van der Waals surface area contributed by atoms with Crippen LogP contribution in [0.5, 0.6) is 0 Å². The Morgan fingerprint density at radius 3 is 1.12 bits per heavy atom. The largest absolute Gasteiger partial charge is 0.0954 e. The minimum Gasteiger partial charge on any atom is -0.0954 e. The Balaban J connectivity index is 3.48. The molecule has 0 radical (unpaired) electrons. The van der Waals surface area contributed by atoms with E-state index in [-0.39, 0.29) is 0 Å². The van der Waals surface area contributed by atoms with Crippen LogP contribution in [0.4, 0.5) is 0 Å². The third-order valence-corrected chi connectivity index (χ3v) is 5.36. The van der Waals surface area contributed by atoms with Crippen LogP contribution in [0.15, 0.2) is 33.8 Å². The molecule has 0 heterocycles. The Morgan fingerprint density at radius 1 is 0.688 bits per heavy atom. The Kier molecular flexibility index (Phi) is 5.92. The van der Waals surface area contributed by atoms with Gasteiger partial charge in [-0.25, -0.2) is 0 Å². The van der Waals surface area contributed by atoms with E-state index in [0.717, 1.165) is 0 Å². The van der Waals surface area contributed by atoms with Crippen molar-refractivity contribution in [3.8, 4) is 0 Å². The van der Waals surface area contributed by atoms with Gasteiger partial charge in [0.2, 0.25) is 0 Å². The van der Waals surface area contributed by atoms with E-state index in [1.165, 1.54) is 23.5 Å². The van der Waals surface area contributed by atoms with Gasteiger partial charge in [-0.3, -0.25) is 0 Å². The third-order valence-electron chi connectivity index (χ3n) is 1.59. The quantitative estimate of drug-likeness (QED) is 0.441. The summed E-state index contributed by atoms with van der Waals surface area (Å²) in [5, 5.41) is 4.74. The molecule has 0 aromatic heterocycles. The highest BCUT2D eigenvalue weighted by Crippen LogP contribution is 2.49. The summed E-state index contributed by atoms with van der Waals surface area (Å²) in [6.07, 6.45) is 0. The molecule has 0 amide bonds. The lowest BCUT2D eigenvalue weighted by molar-refractivity contribution is 1.36. The van der Waals surface area contributed by atoms with Gasteiger partial charge in [0.05, 0.1) is 29.9 Å². The van der Waals surface area contributed by atoms with Gasteiger partial charge >= 0.3 is 0 Å². The van der Waals surface area contributed by atoms with E-state index in [2.05, 4.69) is 13.2 Å². The second-order valence-corrected chi connectivity index (χ2v) is 5.95. The fourth-order valence-corrected chi connectivity index (χ4v) is 3.73. The lowest BCUT2D eigenvalue weighted by Crippen LogP contribution is -1.84. The Bertz CT molecular complexity index is 373. The number of hydrogen-bond acceptors (Lipinski definition) is 2. The maximum Gasteiger partial charge on any atom is 0.0759 e. The van der Waals surface area contributed by atoms with Crippen LogP contribution < -0.4 is 0 Å². The zero-order valence-electron chi connectivity index (χ0n) is 7.90. The van der Waals surface area contributed by atoms with Gasteiger partial charge in [-0.2, -0.15) is 0 Å². The molecule has 86 valence electrons. The molecule has 0 nitrogen and oxygen atoms in total. The van der Waals surface area contributed by atoms with Gasteiger partial charge in [0.15, 0.2) is 0 Å². The van der Waals surface area contributed by atoms with Crippen molar-refractivity contribution in [1.29, 1.82) is 0 Å². The molecule has 16 heavy (non-hydrogen) atoms. The van der Waals surface area contributed by atoms with Crippen molar-refractivity contribution in [2.24, 2.45) is 0 Å². The zero-order chi connectivity index (χ0) is 12.3. The summed E-state index contributed by atoms with van der Waals surface area (Å²) in [4.78, 5) is 1.23. The summed E-state index contributed by atoms with van der Waals surface area (Å²) in [5.74, 6) is 0. The summed E-state index contributed by atoms with van der Waals surface area (Å²) in [6.45, 7) is 7.19. The molecule has 0 aliphatic carbocycles. The van der Waals surface area contributed by atoms with E-state index in [4.69, 9.17) is 46.4 Å². The van der Waals surface area contributed by atoms with E-state index >= 15 is 0 Å². The summed E-state index contributed by atoms with van der Waals surface area (Å²) in [6, 6.07) is 0. The molecule has 0 unspecified atom stereocenters. The molecule has 0 atom stereocenters. The lowest BCUT2D eigenvalue weighted by Gasteiger charge is -2.12. The van der Waals surface area contributed by atoms with Crippen molar-refractivity contribution < 1.29 is 0 Å². The van der Waals surface area contributed by atoms with Gasteiger partial charge in [0.1, 0.15) is 0 Å². The molecule has 0 spiro atoms. The highest BCUT2D eigenvalue weighted by Gasteiger charge is 2.19. The molecule has 1 aromatic carbocycles. The van der Waals surface area contributed by atoms with Crippen molar-refractivity contribution in [3.05, 3.63) is 44.1 Å². The number of benzene rings is 1. The van der Waals surface area contributed by atoms with Crippen molar-refractivity contribution in [2.75, 3.05) is 0 Å². The predicted octanol–water partition coefficient (Wildman–Crippen LogP) is 6.77. The molecule has 1 aromatic rings. The second-order valence-electron chi connectivity index (χ2n) is 2.48. The maximum absolute atomic E-state index is 6.10. The summed E-state index contributed by atoms with van der Waals surface area (Å²) in [7, 11) is 0. The lowest BCUT2D eigenvalue weighted by atomic mass is 10.3. The topological polar surface area (TPSA) is 0 Å². The highest BCUT2D eigenvalue weighted by molar-refractivity contribution is 8.02. The van der Waals surface area contributed by atoms with Gasteiger partial charge in [0.25, 0.3) is 0 Å². The molecule has 0 N–H and O–H groups in total. The fraction of sp³-hybridized carbons (Fsp3) is 0. The van der Waals surface area contributed by atoms with Crippen molar-refractivity contribution >= 4 is 69.9 Å². The molecule has 0 aliphatic rings. The van der Waals surface area contributed by atoms with Crippen molar-refractivity contribution in [1.82, 2.24) is 0 Å². The van der Waals surface area contributed by atoms with E-state index < -0.39 is 0 Å². The van der Waals surface area contributed by atoms with Crippen LogP contribution in [0.3, 0.4) is 0 Å². The first-order valence-corrected chi connectivity index (χ1v) is 7.22. The maximum atomic E-state index is 6.10. The molecule has 1 rings (SSSR count). The monoisotopic (exact) mass is 330 g/mol. The molecule has 6 heteroatoms. The summed E-state index contributed by atoms with van der Waals surface area (Å²) in [5.41, 5.74) is 0. The number of thioether (sulfide) groups is 2. The number of hydrogen-bond donors (Lipinski definition) is 0. The van der Waals surface area contributed by atoms with E-state index in [1.807, 2.05) is 0 Å². The average molecular weight is 332 g/mol. The van der Waals surface area contributed by atoms with Gasteiger partial charge in [0, 0.05) is 0 Å². The van der Waals surface area contributed by atoms with Gasteiger partial charge in [-0.15, -0.1) is 0 Å². The van der Waals surface area contributed by atoms with Crippen LogP contribution in [0.2, 0.25) is 20.1 Å². The smallest absolute Gasteiger partial charge is 0.0759 e. The van der Waals surface area contributed by atoms with E-state index in [9.17, 15) is 0 Å². The van der Waals surface area contributed by atoms with Gasteiger partial charge in [-0.1, -0.05) is 83.1 Å². The number of halogens is 4. The van der Waals surface area contributed by atoms with E-state index in [1.54, 1.807) is 10.8 Å². The highest BCUT2D eigenvalue weighted by atomic mass is 35.5. The molecule has 0 fully saturated rings. The Hall–Kier alpha value is 0.560. The van der Waals surface area contributed by atoms with Gasteiger partial charge in [-0.05, 0) is 10.8 Å². The van der Waals surface area contributed by atoms with Crippen LogP contribution in [0.1, 0.15) is 0 Å². The van der Waals surface area contributed by atoms with Crippen LogP contribution in [-0.2, 0) is 0 Å². The van der Waals surface area contributed by atoms with Crippen LogP contribution >= 0.6 is 69.9 Å². The third kappa shape index (κ3) is 2.87. The standard InChI is InChI=1S/C10H6Cl4S2/c1-3-15-9-5(11)7(13)10(16-4-2)8(14)6(9)12/h3-4H,1-2H2. The first kappa shape index (κ1) is 14.6. The minimum atomic E-state index is 0.380. The first-order chi connectivity index (χ1) is 7.54. The van der Waals surface area contributed by atoms with Crippen molar-refractivity contribution in [3.63, 3.8) is 0 Å². The molecular weight excluding hydrogens is 326 g/mol. The molecule has 0 saturated heterocycles. The predicted molar refractivity (Wildman–Crippen MR) is 78.6 cm³/mol. The zero-order valence-corrected chi connectivity index (χ0v) is 12.6. The summed E-state index contributed by atoms with van der Waals surface area (Å²) < 4.78 is 0. The minimum absolute atomic E-state index is 0.380. The summed E-state index contributed by atoms with van der Waals surface area (Å²) >= 11 is 27.0. The SMILES string of the molecule is C=CSc1c(Cl)c(Cl)c(SC=C)c(Cl)c1Cl. The van der Waals surface area contributed by atoms with Crippen LogP contribution in [0.25, 0.3) is 0 Å². The Labute approximate surface area is 123 Å². The van der Waals surface area contributed by atoms with Crippen LogP contribution in [-0.4, -0.2) is 0 Å². The second kappa shape index (κ2) is 6.48. The Morgan fingerprint density at radius 2 is 0.938 bits per heavy atom. The van der Waals surface area contributed by atoms with Crippen LogP contribution in [0, 0.1) is 0 Å². The molecular formula is C10H6Cl4S2. The molecule has 0 saturated carbocycles. The fourth-order valence-electron chi connectivity index (χ4n) is 0.965. The van der Waals surface area contributed by atoms with Crippen molar-refractivity contribution in [2.45, 2.75) is 9.79 Å². The first-order valence-electron chi connectivity index (χ1n) is 3.95. The van der Waals surface area contributed by atoms with Gasteiger partial charge < -0.3 is 0 Å². The molecule has 0 aliphatic heterocycles. The van der Waals surface area contributed by atoms with E-state index in [0.29, 0.717) is 29.9 Å². The average Bonchev–Trinajstić information content (AvgIpc) is 2.28. The number of rotatable bonds is 4.